The second-order valence-corrected chi connectivity index (χ2v) is 5.25. The van der Waals surface area contributed by atoms with Crippen molar-refractivity contribution in [1.29, 1.82) is 0 Å². The molecule has 2 rings (SSSR count). The van der Waals surface area contributed by atoms with Crippen molar-refractivity contribution in [2.75, 3.05) is 13.1 Å². The molecule has 0 amide bonds. The molecule has 0 aromatic heterocycles. The molecular weight excluding hydrogens is 193 g/mol. The van der Waals surface area contributed by atoms with Crippen LogP contribution in [0.4, 0.5) is 0 Å². The van der Waals surface area contributed by atoms with E-state index in [4.69, 9.17) is 0 Å². The van der Waals surface area contributed by atoms with Gasteiger partial charge in [-0.1, -0.05) is 0 Å². The van der Waals surface area contributed by atoms with Gasteiger partial charge in [0.05, 0.1) is 0 Å². The average Bonchev–Trinajstić information content (AvgIpc) is 1.86. The molecule has 10 heavy (non-hydrogen) atoms. The van der Waals surface area contributed by atoms with Crippen molar-refractivity contribution >= 4 is 20.7 Å². The van der Waals surface area contributed by atoms with Crippen LogP contribution >= 0.6 is 0 Å². The van der Waals surface area contributed by atoms with Crippen LogP contribution in [0.2, 0.25) is 10.6 Å². The van der Waals surface area contributed by atoms with E-state index < -0.39 is 0 Å². The summed E-state index contributed by atoms with van der Waals surface area (Å²) in [5, 5.41) is 5.69. The third kappa shape index (κ3) is 1.03. The van der Waals surface area contributed by atoms with E-state index >= 15 is 0 Å². The Hall–Kier alpha value is 0.149. The number of hydrogen-bond donors (Lipinski definition) is 1. The molecule has 0 aliphatic carbocycles. The number of nitrogens with one attached hydrogen (secondary N) is 1. The number of Topliss-reactive ketones (excluding diaryl/α,β-unsaturated/α-hetero) is 1. The minimum atomic E-state index is 0.396. The van der Waals surface area contributed by atoms with E-state index in [0.717, 1.165) is 28.0 Å². The van der Waals surface area contributed by atoms with E-state index in [1.807, 2.05) is 0 Å². The molecule has 2 saturated heterocycles. The van der Waals surface area contributed by atoms with Crippen LogP contribution < -0.4 is 5.32 Å². The fourth-order valence-electron chi connectivity index (χ4n) is 1.60. The van der Waals surface area contributed by atoms with Crippen LogP contribution in [0.25, 0.3) is 0 Å². The zero-order valence-corrected chi connectivity index (χ0v) is 7.51. The number of fused-ring (bicyclic) bond motifs is 2. The summed E-state index contributed by atoms with van der Waals surface area (Å²) in [4.78, 5) is 11.4. The Labute approximate surface area is 66.9 Å². The normalized spacial score (nSPS) is 39.8. The number of hydrogen-bond acceptors (Lipinski definition) is 2. The number of piperidine rings is 1. The van der Waals surface area contributed by atoms with Crippen LogP contribution in [-0.2, 0) is 4.79 Å². The maximum absolute atomic E-state index is 11.4. The summed E-state index contributed by atoms with van der Waals surface area (Å²) in [6.45, 7) is 1.91. The van der Waals surface area contributed by atoms with Gasteiger partial charge in [-0.25, -0.2) is 0 Å². The molecule has 56 valence electrons. The molecule has 2 aliphatic heterocycles. The van der Waals surface area contributed by atoms with Crippen molar-refractivity contribution in [2.24, 2.45) is 11.8 Å². The van der Waals surface area contributed by atoms with E-state index in [1.54, 1.807) is 0 Å². The molecule has 0 spiro atoms. The number of carbonyl (C=O) groups excluding carboxylic acids is 1. The van der Waals surface area contributed by atoms with Crippen LogP contribution in [0.1, 0.15) is 0 Å². The number of rotatable bonds is 0. The SMILES string of the molecule is O=C1C2CNCC1C[Se]C2. The summed E-state index contributed by atoms with van der Waals surface area (Å²) in [6.07, 6.45) is 0. The van der Waals surface area contributed by atoms with Gasteiger partial charge in [0.25, 0.3) is 0 Å². The fraction of sp³-hybridized carbons (Fsp3) is 0.857. The molecule has 2 heterocycles. The van der Waals surface area contributed by atoms with E-state index in [9.17, 15) is 4.79 Å². The molecule has 2 unspecified atom stereocenters. The van der Waals surface area contributed by atoms with Crippen LogP contribution in [0, 0.1) is 11.8 Å². The fourth-order valence-corrected chi connectivity index (χ4v) is 4.26. The Morgan fingerprint density at radius 1 is 1.30 bits per heavy atom. The first-order chi connectivity index (χ1) is 4.88. The Bertz CT molecular complexity index is 136. The van der Waals surface area contributed by atoms with E-state index in [0.29, 0.717) is 17.6 Å². The molecule has 3 heteroatoms. The molecule has 2 aliphatic rings. The predicted molar refractivity (Wildman–Crippen MR) is 40.2 cm³/mol. The molecular formula is C7H11NOSe. The number of carbonyl (C=O) groups is 1. The van der Waals surface area contributed by atoms with E-state index in [-0.39, 0.29) is 0 Å². The van der Waals surface area contributed by atoms with Crippen LogP contribution in [0.3, 0.4) is 0 Å². The quantitative estimate of drug-likeness (QED) is 0.560. The third-order valence-electron chi connectivity index (χ3n) is 2.22. The van der Waals surface area contributed by atoms with Gasteiger partial charge in [0.1, 0.15) is 0 Å². The van der Waals surface area contributed by atoms with Crippen molar-refractivity contribution < 1.29 is 4.79 Å². The van der Waals surface area contributed by atoms with E-state index in [1.165, 1.54) is 10.6 Å². The summed E-state index contributed by atoms with van der Waals surface area (Å²) < 4.78 is 0. The van der Waals surface area contributed by atoms with Gasteiger partial charge in [-0.3, -0.25) is 0 Å². The van der Waals surface area contributed by atoms with Crippen molar-refractivity contribution in [3.63, 3.8) is 0 Å². The molecule has 2 atom stereocenters. The molecule has 0 radical (unpaired) electrons. The molecule has 0 aromatic carbocycles. The van der Waals surface area contributed by atoms with Gasteiger partial charge >= 0.3 is 66.4 Å². The zero-order valence-electron chi connectivity index (χ0n) is 5.80. The van der Waals surface area contributed by atoms with Gasteiger partial charge in [-0.15, -0.1) is 0 Å². The van der Waals surface area contributed by atoms with Crippen LogP contribution in [-0.4, -0.2) is 33.8 Å². The van der Waals surface area contributed by atoms with Crippen LogP contribution in [0.5, 0.6) is 0 Å². The Morgan fingerprint density at radius 3 is 2.40 bits per heavy atom. The van der Waals surface area contributed by atoms with Gasteiger partial charge in [0.15, 0.2) is 0 Å². The summed E-state index contributed by atoms with van der Waals surface area (Å²) in [5.74, 6) is 1.34. The first kappa shape index (κ1) is 6.83. The zero-order chi connectivity index (χ0) is 6.97. The molecule has 2 bridgehead atoms. The van der Waals surface area contributed by atoms with Gasteiger partial charge in [0, 0.05) is 0 Å². The standard InChI is InChI=1S/C7H11NOSe/c9-7-5-1-8-2-6(7)4-10-3-5/h5-6,8H,1-4H2. The maximum atomic E-state index is 11.4. The predicted octanol–water partition coefficient (Wildman–Crippen LogP) is -0.0545. The second kappa shape index (κ2) is 2.65. The summed E-state index contributed by atoms with van der Waals surface area (Å²) in [5.41, 5.74) is 0. The van der Waals surface area contributed by atoms with Crippen molar-refractivity contribution in [3.8, 4) is 0 Å². The average molecular weight is 204 g/mol. The Kier molecular flexibility index (Phi) is 1.81. The Balaban J connectivity index is 2.12. The molecule has 2 fully saturated rings. The summed E-state index contributed by atoms with van der Waals surface area (Å²) in [6, 6.07) is 0. The van der Waals surface area contributed by atoms with Gasteiger partial charge < -0.3 is 0 Å². The second-order valence-electron chi connectivity index (χ2n) is 2.99. The van der Waals surface area contributed by atoms with Crippen molar-refractivity contribution in [2.45, 2.75) is 10.6 Å². The van der Waals surface area contributed by atoms with Crippen LogP contribution in [0.15, 0.2) is 0 Å². The first-order valence-electron chi connectivity index (χ1n) is 3.70. The summed E-state index contributed by atoms with van der Waals surface area (Å²) >= 11 is 0.769. The van der Waals surface area contributed by atoms with Gasteiger partial charge in [0.2, 0.25) is 0 Å². The molecule has 2 nitrogen and oxygen atoms in total. The monoisotopic (exact) mass is 205 g/mol. The summed E-state index contributed by atoms with van der Waals surface area (Å²) in [7, 11) is 0. The molecule has 0 aromatic rings. The molecule has 0 saturated carbocycles. The topological polar surface area (TPSA) is 29.1 Å². The van der Waals surface area contributed by atoms with Crippen molar-refractivity contribution in [1.82, 2.24) is 5.32 Å². The third-order valence-corrected chi connectivity index (χ3v) is 4.90. The first-order valence-corrected chi connectivity index (χ1v) is 6.12. The number of ketones is 1. The molecule has 1 N–H and O–H groups in total. The van der Waals surface area contributed by atoms with Gasteiger partial charge in [-0.2, -0.15) is 0 Å². The minimum absolute atomic E-state index is 0.396. The van der Waals surface area contributed by atoms with Crippen molar-refractivity contribution in [3.05, 3.63) is 0 Å². The van der Waals surface area contributed by atoms with Gasteiger partial charge in [-0.05, 0) is 0 Å². The van der Waals surface area contributed by atoms with E-state index in [2.05, 4.69) is 5.32 Å². The Morgan fingerprint density at radius 2 is 1.90 bits per heavy atom.